The van der Waals surface area contributed by atoms with Crippen LogP contribution in [0, 0.1) is 0 Å². The minimum atomic E-state index is 0. The third-order valence-corrected chi connectivity index (χ3v) is 6.75. The number of hydrogen-bond donors (Lipinski definition) is 1. The number of likely N-dealkylation sites (N-methyl/N-ethyl adjacent to an activating group) is 1. The lowest BCUT2D eigenvalue weighted by molar-refractivity contribution is -0.117. The van der Waals surface area contributed by atoms with E-state index in [0.717, 1.165) is 60.7 Å². The lowest BCUT2D eigenvalue weighted by Gasteiger charge is -2.22. The fraction of sp³-hybridized carbons (Fsp3) is 0.385. The summed E-state index contributed by atoms with van der Waals surface area (Å²) in [4.78, 5) is 32.0. The van der Waals surface area contributed by atoms with Crippen LogP contribution < -0.4 is 19.9 Å². The molecule has 2 aromatic heterocycles. The molecule has 1 aromatic carbocycles. The summed E-state index contributed by atoms with van der Waals surface area (Å²) in [6.45, 7) is 2.77. The molecular formula is C26H33N7O2. The molecule has 0 spiro atoms. The van der Waals surface area contributed by atoms with Crippen molar-refractivity contribution in [3.05, 3.63) is 48.9 Å². The minimum Gasteiger partial charge on any atom is -0.480 e. The first-order valence-electron chi connectivity index (χ1n) is 12.0. The number of hydrogen-bond acceptors (Lipinski definition) is 8. The Labute approximate surface area is 207 Å². The van der Waals surface area contributed by atoms with E-state index in [9.17, 15) is 4.79 Å². The second-order valence-electron chi connectivity index (χ2n) is 9.22. The number of ether oxygens (including phenoxy) is 1. The maximum atomic E-state index is 12.0. The molecule has 0 saturated carbocycles. The van der Waals surface area contributed by atoms with Gasteiger partial charge in [0.2, 0.25) is 17.7 Å². The Hall–Kier alpha value is -3.72. The van der Waals surface area contributed by atoms with Crippen LogP contribution in [0.15, 0.2) is 48.9 Å². The Morgan fingerprint density at radius 2 is 1.94 bits per heavy atom. The fourth-order valence-electron chi connectivity index (χ4n) is 4.72. The standard InChI is InChI=1S/C26H31N7O2.H2/c1-31(2)21-10-12-32(17-21)22-13-19(14-27-15-22)29-26-28-16-23(25(30-26)35-3)18-6-8-20(9-7-18)33-11-4-5-24(33)34;/h6-9,13-16,21H,4-5,10-12,17H2,1-3H3,(H,28,29,30);1H/t21-;/m0./s1. The Kier molecular flexibility index (Phi) is 6.50. The van der Waals surface area contributed by atoms with Gasteiger partial charge >= 0.3 is 0 Å². The molecule has 3 aromatic rings. The molecule has 2 aliphatic heterocycles. The van der Waals surface area contributed by atoms with Crippen molar-refractivity contribution in [2.75, 3.05) is 56.0 Å². The first kappa shape index (κ1) is 23.0. The van der Waals surface area contributed by atoms with Gasteiger partial charge in [0.15, 0.2) is 0 Å². The predicted molar refractivity (Wildman–Crippen MR) is 140 cm³/mol. The van der Waals surface area contributed by atoms with Gasteiger partial charge in [-0.05, 0) is 50.7 Å². The van der Waals surface area contributed by atoms with Crippen molar-refractivity contribution in [1.82, 2.24) is 19.9 Å². The van der Waals surface area contributed by atoms with E-state index in [1.165, 1.54) is 0 Å². The lowest BCUT2D eigenvalue weighted by atomic mass is 10.1. The maximum absolute atomic E-state index is 12.0. The topological polar surface area (TPSA) is 86.7 Å². The molecule has 2 fully saturated rings. The number of methoxy groups -OCH3 is 1. The average Bonchev–Trinajstić information content (AvgIpc) is 3.54. The number of carbonyl (C=O) groups excluding carboxylic acids is 1. The summed E-state index contributed by atoms with van der Waals surface area (Å²) < 4.78 is 5.58. The maximum Gasteiger partial charge on any atom is 0.230 e. The number of anilines is 4. The summed E-state index contributed by atoms with van der Waals surface area (Å²) in [6, 6.07) is 10.5. The van der Waals surface area contributed by atoms with Gasteiger partial charge in [-0.15, -0.1) is 0 Å². The summed E-state index contributed by atoms with van der Waals surface area (Å²) in [6.07, 6.45) is 8.08. The molecule has 0 bridgehead atoms. The molecule has 9 nitrogen and oxygen atoms in total. The molecule has 1 N–H and O–H groups in total. The van der Waals surface area contributed by atoms with Crippen LogP contribution in [0.2, 0.25) is 0 Å². The Morgan fingerprint density at radius 1 is 1.11 bits per heavy atom. The van der Waals surface area contributed by atoms with Crippen molar-refractivity contribution >= 4 is 28.9 Å². The van der Waals surface area contributed by atoms with E-state index in [0.29, 0.717) is 24.3 Å². The third kappa shape index (κ3) is 4.90. The predicted octanol–water partition coefficient (Wildman–Crippen LogP) is 3.80. The molecule has 0 aliphatic carbocycles. The average molecular weight is 476 g/mol. The molecule has 4 heterocycles. The van der Waals surface area contributed by atoms with Crippen LogP contribution in [0.25, 0.3) is 11.1 Å². The van der Waals surface area contributed by atoms with Crippen LogP contribution >= 0.6 is 0 Å². The van der Waals surface area contributed by atoms with Crippen LogP contribution in [0.1, 0.15) is 20.7 Å². The first-order chi connectivity index (χ1) is 17.0. The largest absolute Gasteiger partial charge is 0.480 e. The summed E-state index contributed by atoms with van der Waals surface area (Å²) in [5, 5.41) is 3.26. The first-order valence-corrected chi connectivity index (χ1v) is 12.0. The molecule has 35 heavy (non-hydrogen) atoms. The summed E-state index contributed by atoms with van der Waals surface area (Å²) in [7, 11) is 5.85. The van der Waals surface area contributed by atoms with Gasteiger partial charge in [-0.1, -0.05) is 12.1 Å². The van der Waals surface area contributed by atoms with Crippen molar-refractivity contribution < 1.29 is 11.0 Å². The van der Waals surface area contributed by atoms with Crippen LogP contribution in [0.4, 0.5) is 23.0 Å². The summed E-state index contributed by atoms with van der Waals surface area (Å²) in [5.74, 6) is 1.09. The zero-order valence-corrected chi connectivity index (χ0v) is 20.4. The molecular weight excluding hydrogens is 442 g/mol. The fourth-order valence-corrected chi connectivity index (χ4v) is 4.72. The zero-order valence-electron chi connectivity index (χ0n) is 20.4. The number of amides is 1. The van der Waals surface area contributed by atoms with Crippen LogP contribution in [-0.4, -0.2) is 72.6 Å². The van der Waals surface area contributed by atoms with Crippen molar-refractivity contribution in [2.45, 2.75) is 25.3 Å². The molecule has 9 heteroatoms. The highest BCUT2D eigenvalue weighted by atomic mass is 16.5. The van der Waals surface area contributed by atoms with Crippen molar-refractivity contribution in [2.24, 2.45) is 0 Å². The van der Waals surface area contributed by atoms with Crippen molar-refractivity contribution in [1.29, 1.82) is 0 Å². The lowest BCUT2D eigenvalue weighted by Crippen LogP contribution is -2.31. The number of aromatic nitrogens is 3. The summed E-state index contributed by atoms with van der Waals surface area (Å²) in [5.41, 5.74) is 4.54. The molecule has 1 atom stereocenters. The van der Waals surface area contributed by atoms with Gasteiger partial charge in [0, 0.05) is 45.4 Å². The molecule has 0 radical (unpaired) electrons. The number of rotatable bonds is 7. The monoisotopic (exact) mass is 475 g/mol. The second-order valence-corrected chi connectivity index (χ2v) is 9.22. The highest BCUT2D eigenvalue weighted by molar-refractivity contribution is 5.95. The third-order valence-electron chi connectivity index (χ3n) is 6.75. The molecule has 1 amide bonds. The number of nitrogens with one attached hydrogen (secondary N) is 1. The Balaban J connectivity index is 0.00000304. The Bertz CT molecular complexity index is 1210. The van der Waals surface area contributed by atoms with Crippen LogP contribution in [0.5, 0.6) is 5.88 Å². The van der Waals surface area contributed by atoms with Gasteiger partial charge in [0.05, 0.1) is 36.4 Å². The quantitative estimate of drug-likeness (QED) is 0.552. The second kappa shape index (κ2) is 9.87. The molecule has 184 valence electrons. The normalized spacial score (nSPS) is 17.9. The van der Waals surface area contributed by atoms with Gasteiger partial charge < -0.3 is 24.8 Å². The van der Waals surface area contributed by atoms with Gasteiger partial charge in [-0.3, -0.25) is 9.78 Å². The highest BCUT2D eigenvalue weighted by Crippen LogP contribution is 2.32. The molecule has 2 aliphatic rings. The van der Waals surface area contributed by atoms with E-state index in [1.807, 2.05) is 35.4 Å². The minimum absolute atomic E-state index is 0. The van der Waals surface area contributed by atoms with E-state index in [4.69, 9.17) is 4.74 Å². The van der Waals surface area contributed by atoms with E-state index in [1.54, 1.807) is 19.5 Å². The molecule has 0 unspecified atom stereocenters. The smallest absolute Gasteiger partial charge is 0.230 e. The van der Waals surface area contributed by atoms with Crippen molar-refractivity contribution in [3.63, 3.8) is 0 Å². The number of pyridine rings is 1. The van der Waals surface area contributed by atoms with Gasteiger partial charge in [-0.2, -0.15) is 4.98 Å². The van der Waals surface area contributed by atoms with E-state index in [2.05, 4.69) is 50.2 Å². The van der Waals surface area contributed by atoms with E-state index >= 15 is 0 Å². The van der Waals surface area contributed by atoms with E-state index < -0.39 is 0 Å². The SMILES string of the molecule is COc1nc(Nc2cncc(N3CC[C@H](N(C)C)C3)c2)ncc1-c1ccc(N2CCCC2=O)cc1.[HH]. The van der Waals surface area contributed by atoms with E-state index in [-0.39, 0.29) is 7.33 Å². The van der Waals surface area contributed by atoms with Crippen LogP contribution in [-0.2, 0) is 4.79 Å². The van der Waals surface area contributed by atoms with Gasteiger partial charge in [0.1, 0.15) is 0 Å². The van der Waals surface area contributed by atoms with Crippen LogP contribution in [0.3, 0.4) is 0 Å². The number of carbonyl (C=O) groups is 1. The number of benzene rings is 1. The van der Waals surface area contributed by atoms with Gasteiger partial charge in [0.25, 0.3) is 0 Å². The van der Waals surface area contributed by atoms with Crippen molar-refractivity contribution in [3.8, 4) is 17.0 Å². The molecule has 5 rings (SSSR count). The molecule has 2 saturated heterocycles. The zero-order chi connectivity index (χ0) is 24.4. The highest BCUT2D eigenvalue weighted by Gasteiger charge is 2.25. The summed E-state index contributed by atoms with van der Waals surface area (Å²) >= 11 is 0. The Morgan fingerprint density at radius 3 is 2.63 bits per heavy atom. The van der Waals surface area contributed by atoms with Gasteiger partial charge in [-0.25, -0.2) is 4.98 Å². The number of nitrogens with zero attached hydrogens (tertiary/aromatic N) is 6.